The molecule has 1 heterocycles. The van der Waals surface area contributed by atoms with Gasteiger partial charge in [0.25, 0.3) is 0 Å². The van der Waals surface area contributed by atoms with Gasteiger partial charge in [0, 0.05) is 23.4 Å². The van der Waals surface area contributed by atoms with E-state index in [2.05, 4.69) is 38.0 Å². The maximum absolute atomic E-state index is 9.24. The lowest BCUT2D eigenvalue weighted by molar-refractivity contribution is 0.187. The van der Waals surface area contributed by atoms with Crippen molar-refractivity contribution in [1.29, 1.82) is 0 Å². The lowest BCUT2D eigenvalue weighted by Gasteiger charge is -2.13. The predicted octanol–water partition coefficient (Wildman–Crippen LogP) is 2.61. The smallest absolute Gasteiger partial charge is 0.0956 e. The summed E-state index contributed by atoms with van der Waals surface area (Å²) in [5, 5.41) is 13.7. The molecule has 2 atom stereocenters. The molecule has 0 aliphatic heterocycles. The van der Waals surface area contributed by atoms with E-state index in [1.165, 1.54) is 9.88 Å². The molecule has 0 saturated heterocycles. The first-order valence-electron chi connectivity index (χ1n) is 5.80. The second-order valence-electron chi connectivity index (χ2n) is 4.64. The maximum atomic E-state index is 9.24. The average molecular weight is 242 g/mol. The second kappa shape index (κ2) is 5.75. The molecule has 0 aliphatic rings. The van der Waals surface area contributed by atoms with E-state index in [4.69, 9.17) is 0 Å². The predicted molar refractivity (Wildman–Crippen MR) is 69.0 cm³/mol. The van der Waals surface area contributed by atoms with Crippen LogP contribution in [-0.2, 0) is 0 Å². The SMILES string of the molecule is Cc1nc(C(C)C)sc1C(C)NC[C@H](C)O. The Kier molecular flexibility index (Phi) is 4.89. The summed E-state index contributed by atoms with van der Waals surface area (Å²) in [6.45, 7) is 10.9. The fourth-order valence-electron chi connectivity index (χ4n) is 1.52. The largest absolute Gasteiger partial charge is 0.392 e. The van der Waals surface area contributed by atoms with Gasteiger partial charge >= 0.3 is 0 Å². The van der Waals surface area contributed by atoms with Crippen molar-refractivity contribution >= 4 is 11.3 Å². The van der Waals surface area contributed by atoms with Crippen LogP contribution in [0.3, 0.4) is 0 Å². The number of aryl methyl sites for hydroxylation is 1. The Morgan fingerprint density at radius 3 is 2.38 bits per heavy atom. The van der Waals surface area contributed by atoms with E-state index in [1.54, 1.807) is 18.3 Å². The fourth-order valence-corrected chi connectivity index (χ4v) is 2.62. The Hall–Kier alpha value is -0.450. The Morgan fingerprint density at radius 1 is 1.31 bits per heavy atom. The molecular formula is C12H22N2OS. The summed E-state index contributed by atoms with van der Waals surface area (Å²) in [6, 6.07) is 0.264. The van der Waals surface area contributed by atoms with Gasteiger partial charge in [-0.3, -0.25) is 0 Å². The first-order chi connectivity index (χ1) is 7.41. The standard InChI is InChI=1S/C12H22N2OS/c1-7(2)12-14-10(5)11(16-12)9(4)13-6-8(3)15/h7-9,13,15H,6H2,1-5H3/t8-,9?/m0/s1. The zero-order valence-electron chi connectivity index (χ0n) is 10.7. The van der Waals surface area contributed by atoms with Crippen molar-refractivity contribution in [3.63, 3.8) is 0 Å². The Bertz CT molecular complexity index is 334. The number of aliphatic hydroxyl groups excluding tert-OH is 1. The lowest BCUT2D eigenvalue weighted by atomic mass is 10.2. The average Bonchev–Trinajstić information content (AvgIpc) is 2.57. The summed E-state index contributed by atoms with van der Waals surface area (Å²) in [5.41, 5.74) is 1.11. The van der Waals surface area contributed by atoms with Crippen molar-refractivity contribution in [2.45, 2.75) is 52.7 Å². The molecule has 0 radical (unpaired) electrons. The first-order valence-corrected chi connectivity index (χ1v) is 6.62. The molecule has 0 aliphatic carbocycles. The summed E-state index contributed by atoms with van der Waals surface area (Å²) in [6.07, 6.45) is -0.305. The molecule has 0 fully saturated rings. The molecule has 92 valence electrons. The van der Waals surface area contributed by atoms with Crippen LogP contribution in [0.1, 0.15) is 55.2 Å². The number of hydrogen-bond donors (Lipinski definition) is 2. The minimum Gasteiger partial charge on any atom is -0.392 e. The second-order valence-corrected chi connectivity index (χ2v) is 5.70. The van der Waals surface area contributed by atoms with Gasteiger partial charge < -0.3 is 10.4 Å². The van der Waals surface area contributed by atoms with Crippen molar-refractivity contribution in [1.82, 2.24) is 10.3 Å². The Morgan fingerprint density at radius 2 is 1.94 bits per heavy atom. The van der Waals surface area contributed by atoms with Crippen molar-refractivity contribution in [3.8, 4) is 0 Å². The summed E-state index contributed by atoms with van der Waals surface area (Å²) in [7, 11) is 0. The molecule has 1 aromatic rings. The van der Waals surface area contributed by atoms with Crippen LogP contribution in [0.25, 0.3) is 0 Å². The number of hydrogen-bond acceptors (Lipinski definition) is 4. The third-order valence-corrected chi connectivity index (χ3v) is 4.10. The summed E-state index contributed by atoms with van der Waals surface area (Å²) in [5.74, 6) is 0.487. The highest BCUT2D eigenvalue weighted by molar-refractivity contribution is 7.11. The topological polar surface area (TPSA) is 45.2 Å². The number of thiazole rings is 1. The number of rotatable bonds is 5. The van der Waals surface area contributed by atoms with Gasteiger partial charge in [0.1, 0.15) is 0 Å². The van der Waals surface area contributed by atoms with Crippen LogP contribution in [0.4, 0.5) is 0 Å². The minimum absolute atomic E-state index is 0.264. The van der Waals surface area contributed by atoms with E-state index in [-0.39, 0.29) is 12.1 Å². The van der Waals surface area contributed by atoms with Crippen LogP contribution >= 0.6 is 11.3 Å². The Labute approximate surface area is 102 Å². The third kappa shape index (κ3) is 3.54. The molecule has 1 aromatic heterocycles. The first kappa shape index (κ1) is 13.6. The van der Waals surface area contributed by atoms with Crippen LogP contribution in [0.15, 0.2) is 0 Å². The normalized spacial score (nSPS) is 15.4. The molecule has 1 unspecified atom stereocenters. The van der Waals surface area contributed by atoms with Crippen LogP contribution < -0.4 is 5.32 Å². The van der Waals surface area contributed by atoms with Gasteiger partial charge in [-0.25, -0.2) is 4.98 Å². The number of nitrogens with one attached hydrogen (secondary N) is 1. The van der Waals surface area contributed by atoms with E-state index in [0.29, 0.717) is 12.5 Å². The summed E-state index contributed by atoms with van der Waals surface area (Å²) in [4.78, 5) is 5.86. The van der Waals surface area contributed by atoms with Crippen molar-refractivity contribution in [2.24, 2.45) is 0 Å². The molecule has 0 saturated carbocycles. The third-order valence-electron chi connectivity index (χ3n) is 2.46. The molecular weight excluding hydrogens is 220 g/mol. The highest BCUT2D eigenvalue weighted by atomic mass is 32.1. The lowest BCUT2D eigenvalue weighted by Crippen LogP contribution is -2.27. The van der Waals surface area contributed by atoms with E-state index in [9.17, 15) is 5.11 Å². The molecule has 2 N–H and O–H groups in total. The van der Waals surface area contributed by atoms with Crippen molar-refractivity contribution in [2.75, 3.05) is 6.54 Å². The molecule has 0 amide bonds. The van der Waals surface area contributed by atoms with Gasteiger partial charge in [-0.05, 0) is 20.8 Å². The van der Waals surface area contributed by atoms with E-state index < -0.39 is 0 Å². The number of aromatic nitrogens is 1. The Balaban J connectivity index is 2.71. The van der Waals surface area contributed by atoms with Crippen LogP contribution in [0, 0.1) is 6.92 Å². The van der Waals surface area contributed by atoms with Crippen molar-refractivity contribution < 1.29 is 5.11 Å². The summed E-state index contributed by atoms with van der Waals surface area (Å²) < 4.78 is 0. The van der Waals surface area contributed by atoms with Gasteiger partial charge in [0.2, 0.25) is 0 Å². The molecule has 3 nitrogen and oxygen atoms in total. The van der Waals surface area contributed by atoms with Crippen LogP contribution in [0.5, 0.6) is 0 Å². The van der Waals surface area contributed by atoms with Crippen LogP contribution in [0.2, 0.25) is 0 Å². The summed E-state index contributed by atoms with van der Waals surface area (Å²) >= 11 is 1.77. The highest BCUT2D eigenvalue weighted by Gasteiger charge is 2.15. The quantitative estimate of drug-likeness (QED) is 0.834. The van der Waals surface area contributed by atoms with Gasteiger partial charge in [-0.2, -0.15) is 0 Å². The minimum atomic E-state index is -0.305. The zero-order chi connectivity index (χ0) is 12.3. The van der Waals surface area contributed by atoms with E-state index >= 15 is 0 Å². The molecule has 16 heavy (non-hydrogen) atoms. The molecule has 0 spiro atoms. The molecule has 4 heteroatoms. The van der Waals surface area contributed by atoms with E-state index in [0.717, 1.165) is 5.69 Å². The fraction of sp³-hybridized carbons (Fsp3) is 0.750. The van der Waals surface area contributed by atoms with Gasteiger partial charge in [-0.15, -0.1) is 11.3 Å². The molecule has 0 bridgehead atoms. The van der Waals surface area contributed by atoms with Crippen molar-refractivity contribution in [3.05, 3.63) is 15.6 Å². The molecule has 0 aromatic carbocycles. The number of aliphatic hydroxyl groups is 1. The number of nitrogens with zero attached hydrogens (tertiary/aromatic N) is 1. The van der Waals surface area contributed by atoms with Gasteiger partial charge in [0.05, 0.1) is 16.8 Å². The van der Waals surface area contributed by atoms with E-state index in [1.807, 2.05) is 0 Å². The zero-order valence-corrected chi connectivity index (χ0v) is 11.6. The van der Waals surface area contributed by atoms with Gasteiger partial charge in [-0.1, -0.05) is 13.8 Å². The highest BCUT2D eigenvalue weighted by Crippen LogP contribution is 2.28. The monoisotopic (exact) mass is 242 g/mol. The van der Waals surface area contributed by atoms with Gasteiger partial charge in [0.15, 0.2) is 0 Å². The van der Waals surface area contributed by atoms with Crippen LogP contribution in [-0.4, -0.2) is 22.7 Å². The maximum Gasteiger partial charge on any atom is 0.0956 e. The molecule has 1 rings (SSSR count).